The quantitative estimate of drug-likeness (QED) is 0.885. The van der Waals surface area contributed by atoms with Gasteiger partial charge in [0.2, 0.25) is 0 Å². The van der Waals surface area contributed by atoms with E-state index in [1.807, 2.05) is 12.1 Å². The lowest BCUT2D eigenvalue weighted by Gasteiger charge is -2.26. The molecular formula is C17H16ClNO2. The Morgan fingerprint density at radius 2 is 2.00 bits per heavy atom. The Kier molecular flexibility index (Phi) is 3.84. The summed E-state index contributed by atoms with van der Waals surface area (Å²) in [4.78, 5) is 12.4. The number of hydrogen-bond donors (Lipinski definition) is 2. The highest BCUT2D eigenvalue weighted by atomic mass is 35.5. The number of phenols is 1. The molecule has 0 aliphatic heterocycles. The number of aryl methyl sites for hydroxylation is 1. The van der Waals surface area contributed by atoms with Crippen molar-refractivity contribution in [1.82, 2.24) is 5.32 Å². The van der Waals surface area contributed by atoms with Crippen molar-refractivity contribution in [1.29, 1.82) is 0 Å². The fourth-order valence-electron chi connectivity index (χ4n) is 2.84. The summed E-state index contributed by atoms with van der Waals surface area (Å²) in [5.41, 5.74) is 2.66. The number of carbonyl (C=O) groups is 1. The zero-order valence-corrected chi connectivity index (χ0v) is 12.2. The second-order valence-corrected chi connectivity index (χ2v) is 5.66. The van der Waals surface area contributed by atoms with Crippen LogP contribution in [0.25, 0.3) is 0 Å². The lowest BCUT2D eigenvalue weighted by Crippen LogP contribution is -2.31. The molecule has 3 nitrogen and oxygen atoms in total. The van der Waals surface area contributed by atoms with Gasteiger partial charge in [-0.2, -0.15) is 0 Å². The van der Waals surface area contributed by atoms with Gasteiger partial charge >= 0.3 is 0 Å². The number of hydrogen-bond acceptors (Lipinski definition) is 2. The molecule has 108 valence electrons. The van der Waals surface area contributed by atoms with Crippen LogP contribution in [0.5, 0.6) is 5.75 Å². The first-order valence-electron chi connectivity index (χ1n) is 7.03. The Bertz CT molecular complexity index is 684. The number of carbonyl (C=O) groups excluding carboxylic acids is 1. The second-order valence-electron chi connectivity index (χ2n) is 5.25. The average molecular weight is 302 g/mol. The highest BCUT2D eigenvalue weighted by Gasteiger charge is 2.23. The lowest BCUT2D eigenvalue weighted by atomic mass is 9.87. The third-order valence-electron chi connectivity index (χ3n) is 3.91. The summed E-state index contributed by atoms with van der Waals surface area (Å²) in [7, 11) is 0. The maximum absolute atomic E-state index is 12.4. The number of halogens is 1. The van der Waals surface area contributed by atoms with Crippen molar-refractivity contribution in [2.24, 2.45) is 0 Å². The zero-order valence-electron chi connectivity index (χ0n) is 11.5. The number of amides is 1. The van der Waals surface area contributed by atoms with Crippen LogP contribution in [0.2, 0.25) is 5.02 Å². The maximum atomic E-state index is 12.4. The van der Waals surface area contributed by atoms with Crippen LogP contribution in [0.15, 0.2) is 42.5 Å². The largest absolute Gasteiger partial charge is 0.506 e. The first-order chi connectivity index (χ1) is 10.2. The Labute approximate surface area is 128 Å². The number of benzene rings is 2. The molecule has 2 aromatic rings. The number of nitrogens with one attached hydrogen (secondary N) is 1. The predicted molar refractivity (Wildman–Crippen MR) is 82.7 cm³/mol. The van der Waals surface area contributed by atoms with E-state index in [9.17, 15) is 9.90 Å². The van der Waals surface area contributed by atoms with E-state index in [0.717, 1.165) is 19.3 Å². The molecule has 1 amide bonds. The minimum atomic E-state index is -0.295. The molecule has 0 fully saturated rings. The molecule has 0 aromatic heterocycles. The number of aromatic hydroxyl groups is 1. The standard InChI is InChI=1S/C17H16ClNO2/c18-14-9-4-8-13(16(14)20)17(21)19-15-10-3-6-11-5-1-2-7-12(11)15/h1-2,4-5,7-9,15,20H,3,6,10H2,(H,19,21). The molecule has 0 radical (unpaired) electrons. The van der Waals surface area contributed by atoms with E-state index in [1.54, 1.807) is 18.2 Å². The lowest BCUT2D eigenvalue weighted by molar-refractivity contribution is 0.0930. The molecule has 4 heteroatoms. The SMILES string of the molecule is O=C(NC1CCCc2ccccc21)c1cccc(Cl)c1O. The van der Waals surface area contributed by atoms with Crippen molar-refractivity contribution >= 4 is 17.5 Å². The first kappa shape index (κ1) is 14.0. The molecule has 2 N–H and O–H groups in total. The zero-order chi connectivity index (χ0) is 14.8. The Balaban J connectivity index is 1.85. The van der Waals surface area contributed by atoms with Gasteiger partial charge in [-0.05, 0) is 42.5 Å². The Morgan fingerprint density at radius 3 is 2.86 bits per heavy atom. The van der Waals surface area contributed by atoms with Gasteiger partial charge in [0.1, 0.15) is 5.75 Å². The van der Waals surface area contributed by atoms with Gasteiger partial charge in [-0.3, -0.25) is 4.79 Å². The topological polar surface area (TPSA) is 49.3 Å². The molecule has 0 saturated heterocycles. The molecular weight excluding hydrogens is 286 g/mol. The van der Waals surface area contributed by atoms with Gasteiger partial charge in [0.05, 0.1) is 16.6 Å². The van der Waals surface area contributed by atoms with E-state index in [4.69, 9.17) is 11.6 Å². The van der Waals surface area contributed by atoms with Crippen molar-refractivity contribution in [3.05, 3.63) is 64.2 Å². The van der Waals surface area contributed by atoms with Gasteiger partial charge < -0.3 is 10.4 Å². The van der Waals surface area contributed by atoms with Gasteiger partial charge in [-0.15, -0.1) is 0 Å². The molecule has 2 aromatic carbocycles. The smallest absolute Gasteiger partial charge is 0.255 e. The third-order valence-corrected chi connectivity index (χ3v) is 4.21. The molecule has 0 saturated carbocycles. The molecule has 0 bridgehead atoms. The van der Waals surface area contributed by atoms with Crippen LogP contribution < -0.4 is 5.32 Å². The van der Waals surface area contributed by atoms with Gasteiger partial charge in [0.15, 0.2) is 0 Å². The second kappa shape index (κ2) is 5.78. The number of para-hydroxylation sites is 1. The van der Waals surface area contributed by atoms with Crippen molar-refractivity contribution in [2.45, 2.75) is 25.3 Å². The number of fused-ring (bicyclic) bond motifs is 1. The molecule has 1 unspecified atom stereocenters. The van der Waals surface area contributed by atoms with Crippen LogP contribution in [0.1, 0.15) is 40.4 Å². The maximum Gasteiger partial charge on any atom is 0.255 e. The van der Waals surface area contributed by atoms with Gasteiger partial charge in [0.25, 0.3) is 5.91 Å². The van der Waals surface area contributed by atoms with E-state index in [1.165, 1.54) is 11.1 Å². The minimum Gasteiger partial charge on any atom is -0.506 e. The first-order valence-corrected chi connectivity index (χ1v) is 7.41. The van der Waals surface area contributed by atoms with Crippen LogP contribution in [0.4, 0.5) is 0 Å². The van der Waals surface area contributed by atoms with Crippen molar-refractivity contribution in [3.8, 4) is 5.75 Å². The van der Waals surface area contributed by atoms with E-state index in [0.29, 0.717) is 0 Å². The molecule has 3 rings (SSSR count). The normalized spacial score (nSPS) is 17.1. The van der Waals surface area contributed by atoms with E-state index >= 15 is 0 Å². The van der Waals surface area contributed by atoms with E-state index < -0.39 is 0 Å². The summed E-state index contributed by atoms with van der Waals surface area (Å²) in [5, 5.41) is 13.1. The highest BCUT2D eigenvalue weighted by Crippen LogP contribution is 2.31. The molecule has 1 atom stereocenters. The summed E-state index contributed by atoms with van der Waals surface area (Å²) in [5.74, 6) is -0.461. The Morgan fingerprint density at radius 1 is 1.19 bits per heavy atom. The summed E-state index contributed by atoms with van der Waals surface area (Å²) < 4.78 is 0. The van der Waals surface area contributed by atoms with Crippen LogP contribution in [0.3, 0.4) is 0 Å². The molecule has 0 spiro atoms. The summed E-state index contributed by atoms with van der Waals surface area (Å²) in [6.07, 6.45) is 3.00. The van der Waals surface area contributed by atoms with Crippen molar-refractivity contribution in [3.63, 3.8) is 0 Å². The minimum absolute atomic E-state index is 0.0131. The summed E-state index contributed by atoms with van der Waals surface area (Å²) in [6.45, 7) is 0. The summed E-state index contributed by atoms with van der Waals surface area (Å²) in [6, 6.07) is 12.9. The summed E-state index contributed by atoms with van der Waals surface area (Å²) >= 11 is 5.85. The molecule has 21 heavy (non-hydrogen) atoms. The van der Waals surface area contributed by atoms with Crippen molar-refractivity contribution in [2.75, 3.05) is 0 Å². The molecule has 1 aliphatic carbocycles. The fraction of sp³-hybridized carbons (Fsp3) is 0.235. The Hall–Kier alpha value is -2.00. The van der Waals surface area contributed by atoms with Gasteiger partial charge in [-0.25, -0.2) is 0 Å². The van der Waals surface area contributed by atoms with Crippen LogP contribution in [-0.4, -0.2) is 11.0 Å². The predicted octanol–water partition coefficient (Wildman–Crippen LogP) is 3.85. The third kappa shape index (κ3) is 2.74. The van der Waals surface area contributed by atoms with Crippen LogP contribution in [0, 0.1) is 0 Å². The average Bonchev–Trinajstić information content (AvgIpc) is 2.50. The fourth-order valence-corrected chi connectivity index (χ4v) is 3.01. The van der Waals surface area contributed by atoms with E-state index in [2.05, 4.69) is 17.4 Å². The van der Waals surface area contributed by atoms with E-state index in [-0.39, 0.29) is 28.3 Å². The number of phenolic OH excluding ortho intramolecular Hbond substituents is 1. The highest BCUT2D eigenvalue weighted by molar-refractivity contribution is 6.32. The van der Waals surface area contributed by atoms with Gasteiger partial charge in [0, 0.05) is 0 Å². The molecule has 1 aliphatic rings. The number of rotatable bonds is 2. The monoisotopic (exact) mass is 301 g/mol. The van der Waals surface area contributed by atoms with Crippen LogP contribution >= 0.6 is 11.6 Å². The molecule has 0 heterocycles. The van der Waals surface area contributed by atoms with Crippen molar-refractivity contribution < 1.29 is 9.90 Å². The van der Waals surface area contributed by atoms with Crippen LogP contribution in [-0.2, 0) is 6.42 Å². The van der Waals surface area contributed by atoms with Gasteiger partial charge in [-0.1, -0.05) is 41.9 Å².